The number of rotatable bonds is 10. The van der Waals surface area contributed by atoms with Gasteiger partial charge < -0.3 is 29.4 Å². The zero-order chi connectivity index (χ0) is 46.9. The van der Waals surface area contributed by atoms with Gasteiger partial charge in [-0.15, -0.1) is 12.6 Å². The summed E-state index contributed by atoms with van der Waals surface area (Å²) in [5, 5.41) is 1.98. The number of nitrogens with one attached hydrogen (secondary N) is 1. The summed E-state index contributed by atoms with van der Waals surface area (Å²) in [6.45, 7) is 3.93. The molecule has 0 fully saturated rings. The maximum atomic E-state index is 11.5. The highest BCUT2D eigenvalue weighted by Crippen LogP contribution is 2.31. The summed E-state index contributed by atoms with van der Waals surface area (Å²) in [7, 11) is 7.41. The van der Waals surface area contributed by atoms with Gasteiger partial charge in [-0.25, -0.2) is 30.4 Å². The molecule has 0 aliphatic rings. The minimum absolute atomic E-state index is 0.332. The van der Waals surface area contributed by atoms with Crippen LogP contribution < -0.4 is 42.9 Å². The van der Waals surface area contributed by atoms with Crippen LogP contribution in [0.3, 0.4) is 0 Å². The van der Waals surface area contributed by atoms with Crippen molar-refractivity contribution in [3.8, 4) is 17.6 Å². The van der Waals surface area contributed by atoms with Crippen LogP contribution in [0.5, 0.6) is 17.6 Å². The number of thiol groups is 1. The molecule has 334 valence electrons. The second-order valence-corrected chi connectivity index (χ2v) is 15.2. The lowest BCUT2D eigenvalue weighted by atomic mass is 10.2. The first-order chi connectivity index (χ1) is 30.2. The predicted octanol–water partition coefficient (Wildman–Crippen LogP) is 7.40. The van der Waals surface area contributed by atoms with Crippen LogP contribution >= 0.6 is 47.8 Å². The minimum atomic E-state index is -0.345. The number of nitrogen functional groups attached to an aromatic ring is 2. The van der Waals surface area contributed by atoms with Crippen LogP contribution in [-0.4, -0.2) is 68.3 Å². The predicted molar refractivity (Wildman–Crippen MR) is 249 cm³/mol. The number of benzene rings is 3. The Morgan fingerprint density at radius 1 is 0.603 bits per heavy atom. The van der Waals surface area contributed by atoms with Gasteiger partial charge >= 0.3 is 11.9 Å². The number of methoxy groups -OCH3 is 5. The minimum Gasteiger partial charge on any atom is -0.481 e. The largest absolute Gasteiger partial charge is 0.481 e. The fraction of sp³-hybridized carbons (Fsp3) is 0.163. The highest BCUT2D eigenvalue weighted by molar-refractivity contribution is 7.99. The number of pyridine rings is 3. The molecule has 0 unspecified atom stereocenters. The number of hydrogen-bond acceptors (Lipinski definition) is 18. The number of ether oxygens (including phenoxy) is 5. The van der Waals surface area contributed by atoms with Crippen LogP contribution in [0.25, 0.3) is 0 Å². The Kier molecular flexibility index (Phi) is 24.0. The average Bonchev–Trinajstić information content (AvgIpc) is 3.28. The summed E-state index contributed by atoms with van der Waals surface area (Å²) in [5.41, 5.74) is 12.1. The van der Waals surface area contributed by atoms with Crippen LogP contribution in [0.15, 0.2) is 134 Å². The lowest BCUT2D eigenvalue weighted by molar-refractivity contribution is 0.0591. The molecule has 3 heterocycles. The Labute approximate surface area is 385 Å². The zero-order valence-corrected chi connectivity index (χ0v) is 38.7. The summed E-state index contributed by atoms with van der Waals surface area (Å²) >= 11 is 12.6. The number of nitrogens with two attached hydrogens (primary N) is 4. The third-order valence-corrected chi connectivity index (χ3v) is 9.75. The first kappa shape index (κ1) is 53.1. The molecule has 20 heteroatoms. The van der Waals surface area contributed by atoms with E-state index < -0.39 is 0 Å². The number of esters is 2. The van der Waals surface area contributed by atoms with Gasteiger partial charge in [0.25, 0.3) is 5.91 Å². The molecule has 16 nitrogen and oxygen atoms in total. The topological polar surface area (TPSA) is 252 Å². The van der Waals surface area contributed by atoms with Gasteiger partial charge in [0.15, 0.2) is 0 Å². The monoisotopic (exact) mass is 936 g/mol. The van der Waals surface area contributed by atoms with Crippen LogP contribution in [0, 0.1) is 13.8 Å². The van der Waals surface area contributed by atoms with Gasteiger partial charge in [-0.2, -0.15) is 0 Å². The van der Waals surface area contributed by atoms with Crippen molar-refractivity contribution >= 4 is 71.3 Å². The number of carbonyl (C=O) groups excluding carboxylic acids is 3. The summed E-state index contributed by atoms with van der Waals surface area (Å²) in [6.07, 6.45) is 0. The molecule has 0 saturated heterocycles. The highest BCUT2D eigenvalue weighted by atomic mass is 35.5. The van der Waals surface area contributed by atoms with E-state index >= 15 is 0 Å². The first-order valence-electron chi connectivity index (χ1n) is 18.1. The lowest BCUT2D eigenvalue weighted by Gasteiger charge is -2.06. The molecular formula is C43H49ClN8O8S3. The van der Waals surface area contributed by atoms with Gasteiger partial charge in [0.2, 0.25) is 17.6 Å². The number of halogens is 1. The van der Waals surface area contributed by atoms with Crippen LogP contribution in [-0.2, 0) is 9.47 Å². The summed E-state index contributed by atoms with van der Waals surface area (Å²) in [4.78, 5) is 49.0. The molecule has 63 heavy (non-hydrogen) atoms. The molecule has 0 atom stereocenters. The van der Waals surface area contributed by atoms with Crippen molar-refractivity contribution in [2.45, 2.75) is 38.6 Å². The molecule has 0 saturated carbocycles. The number of hydrazine groups is 2. The molecule has 0 spiro atoms. The van der Waals surface area contributed by atoms with Gasteiger partial charge in [0.1, 0.15) is 15.2 Å². The van der Waals surface area contributed by atoms with Gasteiger partial charge in [-0.05, 0) is 97.8 Å². The Balaban J connectivity index is 0.000000297. The normalized spacial score (nSPS) is 9.65. The molecule has 3 aromatic heterocycles. The van der Waals surface area contributed by atoms with E-state index in [0.29, 0.717) is 50.2 Å². The van der Waals surface area contributed by atoms with Crippen molar-refractivity contribution in [2.24, 2.45) is 17.5 Å². The Hall–Kier alpha value is -6.06. The second kappa shape index (κ2) is 28.5. The van der Waals surface area contributed by atoms with Crippen molar-refractivity contribution in [3.05, 3.63) is 142 Å². The van der Waals surface area contributed by atoms with Crippen LogP contribution in [0.4, 0.5) is 5.69 Å². The number of hydrogen-bond donors (Lipinski definition) is 6. The zero-order valence-electron chi connectivity index (χ0n) is 35.5. The number of anilines is 1. The fourth-order valence-electron chi connectivity index (χ4n) is 4.70. The third-order valence-electron chi connectivity index (χ3n) is 7.46. The first-order valence-corrected chi connectivity index (χ1v) is 20.5. The highest BCUT2D eigenvalue weighted by Gasteiger charge is 2.10. The van der Waals surface area contributed by atoms with E-state index in [1.165, 1.54) is 44.9 Å². The summed E-state index contributed by atoms with van der Waals surface area (Å²) in [6, 6.07) is 32.0. The second-order valence-electron chi connectivity index (χ2n) is 12.1. The van der Waals surface area contributed by atoms with Crippen LogP contribution in [0.2, 0.25) is 5.15 Å². The van der Waals surface area contributed by atoms with E-state index in [1.54, 1.807) is 87.0 Å². The van der Waals surface area contributed by atoms with Gasteiger partial charge in [0.05, 0.1) is 46.7 Å². The maximum Gasteiger partial charge on any atom is 0.337 e. The van der Waals surface area contributed by atoms with Gasteiger partial charge in [0, 0.05) is 44.1 Å². The molecule has 1 amide bonds. The number of nitrogens with zero attached hydrogens (tertiary/aromatic N) is 3. The number of carbonyl (C=O) groups is 3. The molecule has 6 rings (SSSR count). The van der Waals surface area contributed by atoms with Crippen molar-refractivity contribution in [3.63, 3.8) is 0 Å². The van der Waals surface area contributed by atoms with Gasteiger partial charge in [-0.3, -0.25) is 21.9 Å². The van der Waals surface area contributed by atoms with Crippen molar-refractivity contribution < 1.29 is 38.1 Å². The standard InChI is InChI=1S/C15H15NO3S.C13H14N4O2S.C8H8O2S.C7H8ClNO.H4N2/c1-10-7-13(18-2)16-14(8-10)20-12-6-4-5-11(9-12)15(17)19-3;1-19-11-6-9(14)7-12(16-11)20-10-4-2-3-8(5-10)13(18)17-15;1-10-8(9)6-3-2-4-7(11)5-6;1-5-3-6(8)9-7(4-5)10-2;1-2/h4-9H,1-3H3;2-7H,15H2,1H3,(H2,14,16)(H,17,18);2-5,11H,1H3;3-4H,1-2H3;1-2H2. The van der Waals surface area contributed by atoms with Crippen LogP contribution in [0.1, 0.15) is 42.2 Å². The quantitative estimate of drug-likeness (QED) is 0.0195. The Bertz CT molecular complexity index is 2280. The summed E-state index contributed by atoms with van der Waals surface area (Å²) < 4.78 is 24.3. The summed E-state index contributed by atoms with van der Waals surface area (Å²) in [5.74, 6) is 13.7. The molecular weight excluding hydrogens is 888 g/mol. The fourth-order valence-corrected chi connectivity index (χ4v) is 7.04. The lowest BCUT2D eigenvalue weighted by Crippen LogP contribution is -2.29. The molecule has 3 aromatic carbocycles. The number of aryl methyl sites for hydroxylation is 2. The molecule has 6 aromatic rings. The maximum absolute atomic E-state index is 11.5. The molecule has 9 N–H and O–H groups in total. The average molecular weight is 938 g/mol. The smallest absolute Gasteiger partial charge is 0.337 e. The van der Waals surface area contributed by atoms with Crippen molar-refractivity contribution in [1.29, 1.82) is 0 Å². The molecule has 0 aliphatic heterocycles. The third kappa shape index (κ3) is 19.3. The van der Waals surface area contributed by atoms with Crippen molar-refractivity contribution in [2.75, 3.05) is 41.3 Å². The number of amides is 1. The van der Waals surface area contributed by atoms with E-state index in [2.05, 4.69) is 49.4 Å². The van der Waals surface area contributed by atoms with E-state index in [9.17, 15) is 14.4 Å². The Morgan fingerprint density at radius 2 is 1.05 bits per heavy atom. The van der Waals surface area contributed by atoms with Gasteiger partial charge in [-0.1, -0.05) is 53.3 Å². The molecule has 0 aliphatic carbocycles. The van der Waals surface area contributed by atoms with E-state index in [-0.39, 0.29) is 17.8 Å². The van der Waals surface area contributed by atoms with E-state index in [0.717, 1.165) is 30.8 Å². The van der Waals surface area contributed by atoms with E-state index in [4.69, 9.17) is 42.1 Å². The van der Waals surface area contributed by atoms with Crippen molar-refractivity contribution in [1.82, 2.24) is 20.4 Å². The van der Waals surface area contributed by atoms with E-state index in [1.807, 2.05) is 50.2 Å². The SMILES string of the molecule is COC(=O)c1cccc(S)c1.COC(=O)c1cccc(Sc2cc(C)cc(OC)n2)c1.COc1cc(C)cc(Cl)n1.COc1cc(N)cc(Sc2cccc(C(=O)NN)c2)n1.NN. The molecule has 0 radical (unpaired) electrons. The molecule has 0 bridgehead atoms. The Morgan fingerprint density at radius 3 is 1.54 bits per heavy atom. The number of aromatic nitrogens is 3.